The second-order valence-electron chi connectivity index (χ2n) is 8.19. The Morgan fingerprint density at radius 3 is 1.62 bits per heavy atom. The first kappa shape index (κ1) is 28.8. The highest BCUT2D eigenvalue weighted by molar-refractivity contribution is 5.96. The van der Waals surface area contributed by atoms with E-state index in [9.17, 15) is 28.8 Å². The number of hydrogen-bond donors (Lipinski definition) is 7. The smallest absolute Gasteiger partial charge is 0.326 e. The van der Waals surface area contributed by atoms with Gasteiger partial charge in [-0.2, -0.15) is 0 Å². The molecule has 13 heteroatoms. The van der Waals surface area contributed by atoms with Crippen molar-refractivity contribution in [2.45, 2.75) is 71.1 Å². The topological polar surface area (TPSA) is 231 Å². The minimum atomic E-state index is -1.71. The highest BCUT2D eigenvalue weighted by Gasteiger charge is 2.32. The van der Waals surface area contributed by atoms with Crippen LogP contribution < -0.4 is 27.4 Å². The van der Waals surface area contributed by atoms with E-state index in [0.29, 0.717) is 0 Å². The Labute approximate surface area is 185 Å². The van der Waals surface area contributed by atoms with Gasteiger partial charge in [0.25, 0.3) is 0 Å². The number of aliphatic carboxylic acids is 2. The Morgan fingerprint density at radius 1 is 0.750 bits per heavy atom. The summed E-state index contributed by atoms with van der Waals surface area (Å²) in [6.45, 7) is 7.02. The van der Waals surface area contributed by atoms with E-state index >= 15 is 0 Å². The molecule has 0 aromatic heterocycles. The molecule has 0 aliphatic rings. The van der Waals surface area contributed by atoms with Crippen molar-refractivity contribution in [1.29, 1.82) is 0 Å². The highest BCUT2D eigenvalue weighted by atomic mass is 16.4. The van der Waals surface area contributed by atoms with Crippen molar-refractivity contribution in [1.82, 2.24) is 16.0 Å². The molecule has 4 atom stereocenters. The van der Waals surface area contributed by atoms with Gasteiger partial charge >= 0.3 is 11.9 Å². The van der Waals surface area contributed by atoms with Crippen LogP contribution in [0, 0.1) is 11.8 Å². The highest BCUT2D eigenvalue weighted by Crippen LogP contribution is 2.08. The van der Waals surface area contributed by atoms with Crippen LogP contribution in [-0.4, -0.2) is 69.9 Å². The largest absolute Gasteiger partial charge is 0.481 e. The van der Waals surface area contributed by atoms with Gasteiger partial charge in [0.1, 0.15) is 18.1 Å². The number of nitrogens with one attached hydrogen (secondary N) is 3. The third-order valence-corrected chi connectivity index (χ3v) is 4.39. The van der Waals surface area contributed by atoms with Crippen LogP contribution in [0.2, 0.25) is 0 Å². The van der Waals surface area contributed by atoms with Crippen molar-refractivity contribution >= 4 is 35.6 Å². The zero-order chi connectivity index (χ0) is 25.2. The lowest BCUT2D eigenvalue weighted by Gasteiger charge is -2.26. The molecular weight excluding hydrogens is 426 g/mol. The molecule has 0 aliphatic carbocycles. The summed E-state index contributed by atoms with van der Waals surface area (Å²) in [5.41, 5.74) is 10.8. The summed E-state index contributed by atoms with van der Waals surface area (Å²) in [5.74, 6) is -6.84. The van der Waals surface area contributed by atoms with Crippen molar-refractivity contribution in [3.63, 3.8) is 0 Å². The summed E-state index contributed by atoms with van der Waals surface area (Å²) in [6.07, 6.45) is -1.43. The molecule has 9 N–H and O–H groups in total. The minimum Gasteiger partial charge on any atom is -0.481 e. The van der Waals surface area contributed by atoms with Gasteiger partial charge in [0, 0.05) is 0 Å². The number of carbonyl (C=O) groups excluding carboxylic acids is 4. The molecule has 0 heterocycles. The molecule has 13 nitrogen and oxygen atoms in total. The van der Waals surface area contributed by atoms with E-state index in [1.807, 2.05) is 5.32 Å². The van der Waals surface area contributed by atoms with Gasteiger partial charge in [0.15, 0.2) is 0 Å². The van der Waals surface area contributed by atoms with Gasteiger partial charge in [-0.1, -0.05) is 27.7 Å². The van der Waals surface area contributed by atoms with Gasteiger partial charge in [-0.3, -0.25) is 24.0 Å². The number of carboxylic acids is 2. The molecule has 0 fully saturated rings. The molecular formula is C19H33N5O8. The third kappa shape index (κ3) is 10.7. The number of rotatable bonds is 14. The average Bonchev–Trinajstić information content (AvgIpc) is 2.64. The second kappa shape index (κ2) is 13.2. The van der Waals surface area contributed by atoms with Crippen molar-refractivity contribution in [3.8, 4) is 0 Å². The van der Waals surface area contributed by atoms with Crippen molar-refractivity contribution in [2.75, 3.05) is 0 Å². The molecule has 0 aliphatic heterocycles. The van der Waals surface area contributed by atoms with E-state index in [1.165, 1.54) is 0 Å². The fourth-order valence-electron chi connectivity index (χ4n) is 2.60. The summed E-state index contributed by atoms with van der Waals surface area (Å²) in [4.78, 5) is 70.9. The Balaban J connectivity index is 5.56. The van der Waals surface area contributed by atoms with Gasteiger partial charge in [-0.15, -0.1) is 0 Å². The molecule has 0 aromatic rings. The summed E-state index contributed by atoms with van der Waals surface area (Å²) < 4.78 is 0. The van der Waals surface area contributed by atoms with E-state index in [2.05, 4.69) is 10.6 Å². The first-order valence-electron chi connectivity index (χ1n) is 10.0. The van der Waals surface area contributed by atoms with Crippen LogP contribution in [0.3, 0.4) is 0 Å². The summed E-state index contributed by atoms with van der Waals surface area (Å²) in [7, 11) is 0. The lowest BCUT2D eigenvalue weighted by molar-refractivity contribution is -0.145. The van der Waals surface area contributed by atoms with E-state index in [1.54, 1.807) is 27.7 Å². The zero-order valence-electron chi connectivity index (χ0n) is 18.6. The van der Waals surface area contributed by atoms with Crippen LogP contribution in [0.5, 0.6) is 0 Å². The lowest BCUT2D eigenvalue weighted by Crippen LogP contribution is -2.58. The Bertz CT molecular complexity index is 725. The molecule has 0 bridgehead atoms. The van der Waals surface area contributed by atoms with Crippen LogP contribution in [0.1, 0.15) is 47.0 Å². The van der Waals surface area contributed by atoms with E-state index in [4.69, 9.17) is 21.7 Å². The average molecular weight is 460 g/mol. The van der Waals surface area contributed by atoms with Crippen molar-refractivity contribution in [3.05, 3.63) is 0 Å². The maximum atomic E-state index is 12.8. The number of carboxylic acid groups (broad SMARTS) is 2. The van der Waals surface area contributed by atoms with Crippen LogP contribution in [0.15, 0.2) is 0 Å². The van der Waals surface area contributed by atoms with Crippen LogP contribution in [0.4, 0.5) is 0 Å². The monoisotopic (exact) mass is 459 g/mol. The second-order valence-corrected chi connectivity index (χ2v) is 8.19. The predicted octanol–water partition coefficient (Wildman–Crippen LogP) is -2.10. The lowest BCUT2D eigenvalue weighted by atomic mass is 10.00. The van der Waals surface area contributed by atoms with Crippen molar-refractivity contribution in [2.24, 2.45) is 23.3 Å². The third-order valence-electron chi connectivity index (χ3n) is 4.39. The molecule has 0 spiro atoms. The SMILES string of the molecule is CC(C)CC(NC(=O)C(N)C(C)C)C(=O)NC(CC(=O)O)C(=O)NC(CC(N)=O)C(=O)O. The minimum absolute atomic E-state index is 0.0555. The number of carbonyl (C=O) groups is 6. The quantitative estimate of drug-likeness (QED) is 0.151. The van der Waals surface area contributed by atoms with Crippen molar-refractivity contribution < 1.29 is 39.0 Å². The van der Waals surface area contributed by atoms with Crippen LogP contribution in [-0.2, 0) is 28.8 Å². The molecule has 0 saturated carbocycles. The molecule has 32 heavy (non-hydrogen) atoms. The summed E-state index contributed by atoms with van der Waals surface area (Å²) in [5, 5.41) is 24.9. The van der Waals surface area contributed by atoms with E-state index < -0.39 is 72.6 Å². The fourth-order valence-corrected chi connectivity index (χ4v) is 2.60. The Kier molecular flexibility index (Phi) is 11.9. The molecule has 4 amide bonds. The Morgan fingerprint density at radius 2 is 1.22 bits per heavy atom. The zero-order valence-corrected chi connectivity index (χ0v) is 18.6. The van der Waals surface area contributed by atoms with Gasteiger partial charge < -0.3 is 37.6 Å². The summed E-state index contributed by atoms with van der Waals surface area (Å²) in [6, 6.07) is -5.37. The first-order chi connectivity index (χ1) is 14.6. The molecule has 0 rings (SSSR count). The maximum Gasteiger partial charge on any atom is 0.326 e. The molecule has 0 aromatic carbocycles. The number of hydrogen-bond acceptors (Lipinski definition) is 7. The maximum absolute atomic E-state index is 12.8. The van der Waals surface area contributed by atoms with Crippen LogP contribution in [0.25, 0.3) is 0 Å². The Hall–Kier alpha value is -3.22. The number of amides is 4. The molecule has 0 radical (unpaired) electrons. The molecule has 182 valence electrons. The number of nitrogens with two attached hydrogens (primary N) is 2. The standard InChI is InChI=1S/C19H33N5O8/c1-8(2)5-10(23-18(30)15(21)9(3)4)16(28)22-11(7-14(26)27)17(29)24-12(19(31)32)6-13(20)25/h8-12,15H,5-7,21H2,1-4H3,(H2,20,25)(H,22,28)(H,23,30)(H,24,29)(H,26,27)(H,31,32). The van der Waals surface area contributed by atoms with Crippen LogP contribution >= 0.6 is 0 Å². The summed E-state index contributed by atoms with van der Waals surface area (Å²) >= 11 is 0. The number of primary amides is 1. The van der Waals surface area contributed by atoms with Gasteiger partial charge in [-0.25, -0.2) is 4.79 Å². The molecule has 0 saturated heterocycles. The first-order valence-corrected chi connectivity index (χ1v) is 10.0. The van der Waals surface area contributed by atoms with Gasteiger partial charge in [0.05, 0.1) is 18.9 Å². The normalized spacial score (nSPS) is 14.7. The van der Waals surface area contributed by atoms with Gasteiger partial charge in [-0.05, 0) is 18.3 Å². The molecule has 4 unspecified atom stereocenters. The van der Waals surface area contributed by atoms with E-state index in [-0.39, 0.29) is 18.3 Å². The van der Waals surface area contributed by atoms with E-state index in [0.717, 1.165) is 0 Å². The van der Waals surface area contributed by atoms with Gasteiger partial charge in [0.2, 0.25) is 23.6 Å². The fraction of sp³-hybridized carbons (Fsp3) is 0.684. The predicted molar refractivity (Wildman–Crippen MR) is 112 cm³/mol.